The number of aliphatic hydroxyl groups excluding tert-OH is 1. The van der Waals surface area contributed by atoms with E-state index in [4.69, 9.17) is 18.1 Å². The smallest absolute Gasteiger partial charge is 0.512 e. The Balaban J connectivity index is 0.000000394. The first-order valence-corrected chi connectivity index (χ1v) is 15.7. The van der Waals surface area contributed by atoms with Gasteiger partial charge in [0, 0.05) is 64.0 Å². The van der Waals surface area contributed by atoms with Gasteiger partial charge in [0.1, 0.15) is 13.1 Å². The number of fused-ring (bicyclic) bond motifs is 2. The zero-order valence-corrected chi connectivity index (χ0v) is 30.9. The first-order valence-electron chi connectivity index (χ1n) is 15.7. The van der Waals surface area contributed by atoms with E-state index in [0.717, 1.165) is 53.7 Å². The number of nitrogens with zero attached hydrogens (tertiary/aromatic N) is 5. The molecule has 8 heteroatoms. The van der Waals surface area contributed by atoms with Crippen molar-refractivity contribution in [1.29, 1.82) is 0 Å². The van der Waals surface area contributed by atoms with Crippen LogP contribution < -0.4 is 9.80 Å². The van der Waals surface area contributed by atoms with Crippen molar-refractivity contribution in [2.45, 2.75) is 79.6 Å². The van der Waals surface area contributed by atoms with Gasteiger partial charge in [-0.05, 0) is 37.2 Å². The Bertz CT molecular complexity index is 1670. The van der Waals surface area contributed by atoms with Gasteiger partial charge in [-0.3, -0.25) is 9.78 Å². The quantitative estimate of drug-likeness (QED) is 0.140. The molecule has 1 radical (unpaired) electrons. The Morgan fingerprint density at radius 1 is 0.978 bits per heavy atom. The molecular formula is C38H46IrN5O2-. The monoisotopic (exact) mass is 797 g/mol. The van der Waals surface area contributed by atoms with Crippen LogP contribution in [0.25, 0.3) is 31.7 Å². The summed E-state index contributed by atoms with van der Waals surface area (Å²) in [7, 11) is 3.76. The van der Waals surface area contributed by atoms with Gasteiger partial charge >= 0.3 is 5.82 Å². The van der Waals surface area contributed by atoms with Crippen molar-refractivity contribution in [1.82, 2.24) is 4.98 Å². The van der Waals surface area contributed by atoms with Crippen LogP contribution in [0.2, 0.25) is 0 Å². The van der Waals surface area contributed by atoms with E-state index in [1.165, 1.54) is 17.0 Å². The summed E-state index contributed by atoms with van der Waals surface area (Å²) in [6, 6.07) is 15.9. The van der Waals surface area contributed by atoms with E-state index in [2.05, 4.69) is 60.8 Å². The summed E-state index contributed by atoms with van der Waals surface area (Å²) in [4.78, 5) is 27.0. The van der Waals surface area contributed by atoms with Gasteiger partial charge in [0.05, 0.1) is 17.1 Å². The zero-order chi connectivity index (χ0) is 33.5. The van der Waals surface area contributed by atoms with Crippen molar-refractivity contribution in [3.05, 3.63) is 101 Å². The molecule has 0 spiro atoms. The molecule has 0 fully saturated rings. The molecule has 1 aliphatic rings. The van der Waals surface area contributed by atoms with E-state index in [1.54, 1.807) is 6.20 Å². The number of benzene rings is 2. The first-order chi connectivity index (χ1) is 21.4. The van der Waals surface area contributed by atoms with E-state index in [0.29, 0.717) is 5.82 Å². The molecule has 4 rings (SSSR count). The largest absolute Gasteiger partial charge is 0.560 e. The molecule has 0 saturated carbocycles. The minimum atomic E-state index is -0.0451. The van der Waals surface area contributed by atoms with E-state index < -0.39 is 0 Å². The second kappa shape index (κ2) is 16.5. The maximum atomic E-state index is 11.7. The van der Waals surface area contributed by atoms with Crippen LogP contribution in [0.15, 0.2) is 66.1 Å². The fourth-order valence-corrected chi connectivity index (χ4v) is 5.87. The number of carbonyl (C=O) groups excluding carboxylic acids is 1. The molecule has 0 unspecified atom stereocenters. The Labute approximate surface area is 289 Å². The van der Waals surface area contributed by atoms with Crippen LogP contribution in [0.5, 0.6) is 0 Å². The predicted octanol–water partition coefficient (Wildman–Crippen LogP) is 9.72. The summed E-state index contributed by atoms with van der Waals surface area (Å²) in [5, 5.41) is 12.0. The molecule has 0 saturated heterocycles. The number of ketones is 1. The SMILES string of the molecule is CCC(CC)C(=O)/C=C(\O)C(CC)CC.[C-]#[N+]C([N+]#[C-])=C1N(C)c2ccnc(-c3[c-]c4ccccc4c(C(C)(C)C)c3)c2N1C.[Ir]. The summed E-state index contributed by atoms with van der Waals surface area (Å²) in [5.41, 5.74) is 4.69. The van der Waals surface area contributed by atoms with Crippen LogP contribution in [-0.4, -0.2) is 30.0 Å². The molecule has 2 heterocycles. The van der Waals surface area contributed by atoms with Crippen molar-refractivity contribution < 1.29 is 30.0 Å². The fourth-order valence-electron chi connectivity index (χ4n) is 5.87. The molecule has 1 N–H and O–H groups in total. The molecule has 0 amide bonds. The predicted molar refractivity (Wildman–Crippen MR) is 186 cm³/mol. The van der Waals surface area contributed by atoms with Gasteiger partial charge in [-0.2, -0.15) is 9.69 Å². The number of allylic oxidation sites excluding steroid dienone is 2. The standard InChI is InChI=1S/C25H22N5.C13H24O2.Ir/c1-25(2,3)19-15-17(14-16-10-8-9-11-18(16)19)21-22-20(12-13-28-21)29(6)24(30(22)7)23(26-4)27-5;1-5-10(6-2)12(14)9-13(15)11(7-3)8-4;/h8-13,15H,1-3,6-7H3;9-11,14H,5-8H2,1-4H3;/q-1;;/b;12-9-;. The van der Waals surface area contributed by atoms with Gasteiger partial charge < -0.3 is 14.9 Å². The van der Waals surface area contributed by atoms with Crippen LogP contribution in [0.3, 0.4) is 0 Å². The molecule has 0 bridgehead atoms. The first kappa shape index (κ1) is 38.2. The van der Waals surface area contributed by atoms with Gasteiger partial charge in [-0.25, -0.2) is 0 Å². The maximum absolute atomic E-state index is 11.7. The molecule has 1 aliphatic heterocycles. The molecular weight excluding hydrogens is 751 g/mol. The molecule has 245 valence electrons. The van der Waals surface area contributed by atoms with Gasteiger partial charge in [0.2, 0.25) is 5.82 Å². The normalized spacial score (nSPS) is 12.7. The van der Waals surface area contributed by atoms with Crippen LogP contribution in [0.1, 0.15) is 79.7 Å². The number of pyridine rings is 1. The topological polar surface area (TPSA) is 65.4 Å². The van der Waals surface area contributed by atoms with Crippen molar-refractivity contribution in [3.8, 4) is 11.3 Å². The second-order valence-corrected chi connectivity index (χ2v) is 12.4. The molecule has 1 aromatic heterocycles. The molecule has 0 atom stereocenters. The summed E-state index contributed by atoms with van der Waals surface area (Å²) >= 11 is 0. The van der Waals surface area contributed by atoms with Crippen molar-refractivity contribution in [2.75, 3.05) is 23.9 Å². The minimum Gasteiger partial charge on any atom is -0.512 e. The number of aromatic nitrogens is 1. The Morgan fingerprint density at radius 3 is 2.11 bits per heavy atom. The Kier molecular flexibility index (Phi) is 13.7. The Morgan fingerprint density at radius 2 is 1.57 bits per heavy atom. The van der Waals surface area contributed by atoms with E-state index in [9.17, 15) is 9.90 Å². The number of aliphatic hydroxyl groups is 1. The summed E-state index contributed by atoms with van der Waals surface area (Å²) in [6.45, 7) is 29.5. The van der Waals surface area contributed by atoms with Gasteiger partial charge in [0.15, 0.2) is 5.78 Å². The molecule has 0 aliphatic carbocycles. The zero-order valence-electron chi connectivity index (χ0n) is 28.5. The van der Waals surface area contributed by atoms with Gasteiger partial charge in [-0.1, -0.05) is 77.6 Å². The number of hydrogen-bond acceptors (Lipinski definition) is 5. The summed E-state index contributed by atoms with van der Waals surface area (Å²) in [5.74, 6) is 1.16. The van der Waals surface area contributed by atoms with Crippen molar-refractivity contribution in [3.63, 3.8) is 0 Å². The van der Waals surface area contributed by atoms with Gasteiger partial charge in [0.25, 0.3) is 0 Å². The third-order valence-electron chi connectivity index (χ3n) is 8.57. The van der Waals surface area contributed by atoms with Crippen molar-refractivity contribution in [2.24, 2.45) is 11.8 Å². The Hall–Kier alpha value is -3.97. The summed E-state index contributed by atoms with van der Waals surface area (Å²) in [6.07, 6.45) is 6.68. The van der Waals surface area contributed by atoms with E-state index in [-0.39, 0.29) is 54.7 Å². The maximum Gasteiger partial charge on any atom is 0.560 e. The third-order valence-corrected chi connectivity index (χ3v) is 8.57. The van der Waals surface area contributed by atoms with E-state index >= 15 is 0 Å². The van der Waals surface area contributed by atoms with Crippen LogP contribution in [0, 0.1) is 31.0 Å². The van der Waals surface area contributed by atoms with Gasteiger partial charge in [-0.15, -0.1) is 29.1 Å². The molecule has 3 aromatic rings. The van der Waals surface area contributed by atoms with E-state index in [1.807, 2.05) is 63.7 Å². The summed E-state index contributed by atoms with van der Waals surface area (Å²) < 4.78 is 0. The number of anilines is 2. The van der Waals surface area contributed by atoms with Crippen LogP contribution >= 0.6 is 0 Å². The van der Waals surface area contributed by atoms with Crippen molar-refractivity contribution >= 4 is 27.9 Å². The molecule has 46 heavy (non-hydrogen) atoms. The second-order valence-electron chi connectivity index (χ2n) is 12.4. The average molecular weight is 797 g/mol. The number of carbonyl (C=O) groups is 1. The fraction of sp³-hybridized carbons (Fsp3) is 0.421. The molecule has 7 nitrogen and oxygen atoms in total. The van der Waals surface area contributed by atoms with Crippen LogP contribution in [-0.2, 0) is 30.3 Å². The average Bonchev–Trinajstić information content (AvgIpc) is 3.27. The molecule has 2 aromatic carbocycles. The number of hydrogen-bond donors (Lipinski definition) is 1. The third kappa shape index (κ3) is 8.05. The van der Waals surface area contributed by atoms with Crippen LogP contribution in [0.4, 0.5) is 11.4 Å². The minimum absolute atomic E-state index is 0. The number of rotatable bonds is 8.